The Morgan fingerprint density at radius 1 is 0.286 bits per heavy atom. The molecule has 0 N–H and O–H groups in total. The van der Waals surface area contributed by atoms with Gasteiger partial charge in [-0.1, -0.05) is 90.1 Å². The van der Waals surface area contributed by atoms with Gasteiger partial charge in [-0.05, 0) is 183 Å². The molecule has 0 amide bonds. The smallest absolute Gasteiger partial charge is 0.0620 e. The van der Waals surface area contributed by atoms with Crippen LogP contribution in [-0.2, 0) is 10.8 Å². The van der Waals surface area contributed by atoms with E-state index >= 15 is 0 Å². The number of hydrogen-bond acceptors (Lipinski definition) is 2. The minimum Gasteiger partial charge on any atom is -0.309 e. The first-order chi connectivity index (χ1) is 26.3. The first-order valence-electron chi connectivity index (χ1n) is 20.3. The van der Waals surface area contributed by atoms with Crippen LogP contribution >= 0.6 is 0 Å². The van der Waals surface area contributed by atoms with Gasteiger partial charge in [0.2, 0.25) is 0 Å². The monoisotopic (exact) mass is 736 g/mol. The van der Waals surface area contributed by atoms with E-state index in [1.807, 2.05) is 0 Å². The lowest BCUT2D eigenvalue weighted by Crippen LogP contribution is -2.17. The van der Waals surface area contributed by atoms with Crippen molar-refractivity contribution in [3.05, 3.63) is 165 Å². The normalized spacial score (nSPS) is 12.1. The highest BCUT2D eigenvalue weighted by molar-refractivity contribution is 6.23. The van der Waals surface area contributed by atoms with Gasteiger partial charge in [0.1, 0.15) is 0 Å². The molecule has 0 aliphatic carbocycles. The minimum atomic E-state index is -0.0514. The van der Waals surface area contributed by atoms with Crippen LogP contribution in [0, 0.1) is 55.4 Å². The van der Waals surface area contributed by atoms with Crippen LogP contribution in [-0.4, -0.2) is 0 Å². The van der Waals surface area contributed by atoms with Gasteiger partial charge in [0.25, 0.3) is 0 Å². The largest absolute Gasteiger partial charge is 0.309 e. The lowest BCUT2D eigenvalue weighted by molar-refractivity contribution is 0.590. The van der Waals surface area contributed by atoms with Gasteiger partial charge in [-0.15, -0.1) is 0 Å². The van der Waals surface area contributed by atoms with Crippen molar-refractivity contribution in [2.45, 2.75) is 108 Å². The van der Waals surface area contributed by atoms with Gasteiger partial charge in [-0.25, -0.2) is 0 Å². The van der Waals surface area contributed by atoms with Crippen LogP contribution in [0.4, 0.5) is 34.1 Å². The molecular formula is C54H60N2. The Balaban J connectivity index is 1.74. The zero-order valence-corrected chi connectivity index (χ0v) is 36.3. The van der Waals surface area contributed by atoms with Gasteiger partial charge in [0, 0.05) is 44.3 Å². The Morgan fingerprint density at radius 3 is 0.786 bits per heavy atom. The van der Waals surface area contributed by atoms with E-state index in [0.717, 1.165) is 22.7 Å². The summed E-state index contributed by atoms with van der Waals surface area (Å²) in [6, 6.07) is 42.3. The van der Waals surface area contributed by atoms with Gasteiger partial charge < -0.3 is 9.80 Å². The van der Waals surface area contributed by atoms with E-state index in [9.17, 15) is 0 Å². The maximum atomic E-state index is 2.53. The second-order valence-electron chi connectivity index (χ2n) is 18.5. The second kappa shape index (κ2) is 14.3. The molecule has 7 aromatic carbocycles. The third kappa shape index (κ3) is 7.11. The summed E-state index contributed by atoms with van der Waals surface area (Å²) in [4.78, 5) is 5.07. The van der Waals surface area contributed by atoms with Crippen LogP contribution in [0.15, 0.2) is 109 Å². The maximum absolute atomic E-state index is 2.53. The average Bonchev–Trinajstić information content (AvgIpc) is 3.13. The van der Waals surface area contributed by atoms with E-state index in [2.05, 4.69) is 216 Å². The molecule has 0 unspecified atom stereocenters. The lowest BCUT2D eigenvalue weighted by atomic mass is 9.82. The number of rotatable bonds is 6. The van der Waals surface area contributed by atoms with Crippen LogP contribution in [0.1, 0.15) is 97.2 Å². The molecule has 0 aromatic heterocycles. The average molecular weight is 737 g/mol. The van der Waals surface area contributed by atoms with E-state index < -0.39 is 0 Å². The first-order valence-corrected chi connectivity index (χ1v) is 20.3. The number of anilines is 6. The van der Waals surface area contributed by atoms with E-state index in [1.165, 1.54) is 88.6 Å². The first kappa shape index (κ1) is 38.9. The Morgan fingerprint density at radius 2 is 0.554 bits per heavy atom. The SMILES string of the molecule is Cc1ccc(N(c2ccc(C)c(C)c2)c2c3ccc(C(C)(C)C)cc3c(N(c3ccc(C)c(C)c3)c3ccc(C)c(C)c3)c3ccc(C(C)(C)C)cc23)cc1C. The second-order valence-corrected chi connectivity index (χ2v) is 18.5. The van der Waals surface area contributed by atoms with Crippen molar-refractivity contribution in [1.82, 2.24) is 0 Å². The quantitative estimate of drug-likeness (QED) is 0.124. The summed E-state index contributed by atoms with van der Waals surface area (Å²) in [6.07, 6.45) is 0. The molecule has 286 valence electrons. The Labute approximate surface area is 336 Å². The van der Waals surface area contributed by atoms with Crippen LogP contribution in [0.5, 0.6) is 0 Å². The minimum absolute atomic E-state index is 0.0514. The highest BCUT2D eigenvalue weighted by Crippen LogP contribution is 2.53. The van der Waals surface area contributed by atoms with Gasteiger partial charge in [-0.2, -0.15) is 0 Å². The van der Waals surface area contributed by atoms with Crippen LogP contribution in [0.25, 0.3) is 21.5 Å². The molecule has 0 bridgehead atoms. The molecule has 0 aliphatic rings. The third-order valence-electron chi connectivity index (χ3n) is 12.2. The van der Waals surface area contributed by atoms with Gasteiger partial charge in [-0.3, -0.25) is 0 Å². The fraction of sp³-hybridized carbons (Fsp3) is 0.296. The summed E-state index contributed by atoms with van der Waals surface area (Å²) in [5, 5.41) is 4.91. The van der Waals surface area contributed by atoms with Gasteiger partial charge in [0.15, 0.2) is 0 Å². The number of fused-ring (bicyclic) bond motifs is 2. The molecule has 0 spiro atoms. The molecule has 0 atom stereocenters. The fourth-order valence-corrected chi connectivity index (χ4v) is 7.87. The van der Waals surface area contributed by atoms with Crippen molar-refractivity contribution in [3.63, 3.8) is 0 Å². The topological polar surface area (TPSA) is 6.48 Å². The maximum Gasteiger partial charge on any atom is 0.0620 e. The molecule has 0 radical (unpaired) electrons. The van der Waals surface area contributed by atoms with Crippen molar-refractivity contribution in [3.8, 4) is 0 Å². The lowest BCUT2D eigenvalue weighted by Gasteiger charge is -2.34. The summed E-state index contributed by atoms with van der Waals surface area (Å²) in [7, 11) is 0. The summed E-state index contributed by atoms with van der Waals surface area (Å²) in [5.41, 5.74) is 19.9. The van der Waals surface area contributed by atoms with Gasteiger partial charge >= 0.3 is 0 Å². The molecule has 7 aromatic rings. The number of aryl methyl sites for hydroxylation is 8. The molecule has 0 heterocycles. The van der Waals surface area contributed by atoms with Crippen molar-refractivity contribution < 1.29 is 0 Å². The molecule has 0 fully saturated rings. The van der Waals surface area contributed by atoms with Crippen LogP contribution in [0.2, 0.25) is 0 Å². The number of hydrogen-bond donors (Lipinski definition) is 0. The van der Waals surface area contributed by atoms with Crippen LogP contribution < -0.4 is 9.80 Å². The molecular weight excluding hydrogens is 677 g/mol. The number of benzene rings is 7. The molecule has 0 aliphatic heterocycles. The van der Waals surface area contributed by atoms with Crippen molar-refractivity contribution in [2.75, 3.05) is 9.80 Å². The van der Waals surface area contributed by atoms with Crippen molar-refractivity contribution in [1.29, 1.82) is 0 Å². The zero-order valence-electron chi connectivity index (χ0n) is 36.3. The zero-order chi connectivity index (χ0) is 40.4. The predicted octanol–water partition coefficient (Wildman–Crippen LogP) is 16.0. The van der Waals surface area contributed by atoms with E-state index in [4.69, 9.17) is 0 Å². The molecule has 2 nitrogen and oxygen atoms in total. The van der Waals surface area contributed by atoms with E-state index in [-0.39, 0.29) is 10.8 Å². The highest BCUT2D eigenvalue weighted by Gasteiger charge is 2.29. The van der Waals surface area contributed by atoms with E-state index in [1.54, 1.807) is 0 Å². The standard InChI is InChI=1S/C54H60N2/c1-33-15-21-43(27-37(33)5)55(44-22-16-34(2)38(6)28-44)51-47-25-19-42(54(12,13)14)32-50(47)52(48-26-20-41(31-49(48)51)53(9,10)11)56(45-23-17-35(3)39(7)29-45)46-24-18-36(4)40(8)30-46/h15-32H,1-14H3. The molecule has 2 heteroatoms. The summed E-state index contributed by atoms with van der Waals surface area (Å²) in [5.74, 6) is 0. The Hall–Kier alpha value is -5.34. The Bertz CT molecular complexity index is 2360. The number of nitrogens with zero attached hydrogens (tertiary/aromatic N) is 2. The fourth-order valence-electron chi connectivity index (χ4n) is 7.87. The van der Waals surface area contributed by atoms with Crippen LogP contribution in [0.3, 0.4) is 0 Å². The summed E-state index contributed by atoms with van der Waals surface area (Å²) in [6.45, 7) is 31.7. The third-order valence-corrected chi connectivity index (χ3v) is 12.2. The Kier molecular flexibility index (Phi) is 9.94. The molecule has 7 rings (SSSR count). The van der Waals surface area contributed by atoms with Crippen molar-refractivity contribution in [2.24, 2.45) is 0 Å². The summed E-state index contributed by atoms with van der Waals surface area (Å²) < 4.78 is 0. The predicted molar refractivity (Wildman–Crippen MR) is 246 cm³/mol. The van der Waals surface area contributed by atoms with Gasteiger partial charge in [0.05, 0.1) is 11.4 Å². The molecule has 56 heavy (non-hydrogen) atoms. The molecule has 0 saturated heterocycles. The van der Waals surface area contributed by atoms with E-state index in [0.29, 0.717) is 0 Å². The van der Waals surface area contributed by atoms with Crippen molar-refractivity contribution >= 4 is 55.7 Å². The molecule has 0 saturated carbocycles. The summed E-state index contributed by atoms with van der Waals surface area (Å²) >= 11 is 0. The highest BCUT2D eigenvalue weighted by atomic mass is 15.2.